The van der Waals surface area contributed by atoms with Gasteiger partial charge in [0, 0.05) is 6.54 Å². The number of hydrogen-bond acceptors (Lipinski definition) is 4. The lowest BCUT2D eigenvalue weighted by molar-refractivity contribution is -0.137. The number of rotatable bonds is 6. The molecular weight excluding hydrogens is 463 g/mol. The van der Waals surface area contributed by atoms with Crippen LogP contribution in [0.15, 0.2) is 88.8 Å². The van der Waals surface area contributed by atoms with Gasteiger partial charge in [-0.2, -0.15) is 13.2 Å². The predicted molar refractivity (Wildman–Crippen MR) is 126 cm³/mol. The van der Waals surface area contributed by atoms with Crippen LogP contribution in [0.2, 0.25) is 0 Å². The molecule has 1 heterocycles. The summed E-state index contributed by atoms with van der Waals surface area (Å²) in [6.45, 7) is 1.99. The normalized spacial score (nSPS) is 12.5. The van der Waals surface area contributed by atoms with Gasteiger partial charge < -0.3 is 5.32 Å². The van der Waals surface area contributed by atoms with Gasteiger partial charge in [0.2, 0.25) is 5.91 Å². The predicted octanol–water partition coefficient (Wildman–Crippen LogP) is 5.20. The van der Waals surface area contributed by atoms with Crippen LogP contribution in [0, 0.1) is 0 Å². The molecule has 0 radical (unpaired) electrons. The van der Waals surface area contributed by atoms with E-state index in [1.54, 1.807) is 31.2 Å². The van der Waals surface area contributed by atoms with Crippen LogP contribution in [-0.2, 0) is 17.5 Å². The molecule has 174 valence electrons. The molecule has 0 fully saturated rings. The monoisotopic (exact) mass is 483 g/mol. The highest BCUT2D eigenvalue weighted by molar-refractivity contribution is 8.00. The van der Waals surface area contributed by atoms with Gasteiger partial charge in [0.25, 0.3) is 5.56 Å². The maximum atomic E-state index is 13.3. The van der Waals surface area contributed by atoms with Crippen molar-refractivity contribution in [3.63, 3.8) is 0 Å². The largest absolute Gasteiger partial charge is 0.416 e. The molecule has 9 heteroatoms. The summed E-state index contributed by atoms with van der Waals surface area (Å²) in [6, 6.07) is 20.5. The molecule has 5 nitrogen and oxygen atoms in total. The van der Waals surface area contributed by atoms with Crippen molar-refractivity contribution in [2.75, 3.05) is 0 Å². The molecule has 1 N–H and O–H groups in total. The van der Waals surface area contributed by atoms with Crippen LogP contribution < -0.4 is 10.9 Å². The number of alkyl halides is 3. The number of nitrogens with one attached hydrogen (secondary N) is 1. The lowest BCUT2D eigenvalue weighted by Crippen LogP contribution is -2.31. The number of thioether (sulfide) groups is 1. The molecule has 34 heavy (non-hydrogen) atoms. The van der Waals surface area contributed by atoms with E-state index < -0.39 is 22.5 Å². The fraction of sp³-hybridized carbons (Fsp3) is 0.160. The number of carbonyl (C=O) groups excluding carboxylic acids is 1. The molecule has 0 bridgehead atoms. The Bertz CT molecular complexity index is 1390. The van der Waals surface area contributed by atoms with Crippen LogP contribution in [0.5, 0.6) is 0 Å². The number of aromatic nitrogens is 2. The van der Waals surface area contributed by atoms with Crippen LogP contribution in [0.4, 0.5) is 13.2 Å². The SMILES string of the molecule is CC(Sc1nc2ccccc2c(=O)n1-c1cccc(C(F)(F)F)c1)C(=O)NCc1ccccc1. The van der Waals surface area contributed by atoms with Gasteiger partial charge in [-0.05, 0) is 42.8 Å². The van der Waals surface area contributed by atoms with E-state index in [9.17, 15) is 22.8 Å². The molecule has 4 aromatic rings. The van der Waals surface area contributed by atoms with Gasteiger partial charge in [-0.1, -0.05) is 60.3 Å². The molecular formula is C25H20F3N3O2S. The Morgan fingerprint density at radius 1 is 1.03 bits per heavy atom. The standard InChI is InChI=1S/C25H20F3N3O2S/c1-16(22(32)29-15-17-8-3-2-4-9-17)34-24-30-21-13-6-5-12-20(21)23(33)31(24)19-11-7-10-18(14-19)25(26,27)28/h2-14,16H,15H2,1H3,(H,29,32). The summed E-state index contributed by atoms with van der Waals surface area (Å²) in [5.41, 5.74) is -0.0377. The van der Waals surface area contributed by atoms with Crippen molar-refractivity contribution >= 4 is 28.6 Å². The average molecular weight is 484 g/mol. The van der Waals surface area contributed by atoms with Crippen LogP contribution in [0.25, 0.3) is 16.6 Å². The van der Waals surface area contributed by atoms with Crippen molar-refractivity contribution in [2.24, 2.45) is 0 Å². The zero-order valence-corrected chi connectivity index (χ0v) is 18.9. The Labute approximate surface area is 197 Å². The number of nitrogens with zero attached hydrogens (tertiary/aromatic N) is 2. The van der Waals surface area contributed by atoms with Gasteiger partial charge in [-0.3, -0.25) is 14.2 Å². The lowest BCUT2D eigenvalue weighted by Gasteiger charge is -2.17. The van der Waals surface area contributed by atoms with E-state index in [-0.39, 0.29) is 22.1 Å². The number of carbonyl (C=O) groups is 1. The molecule has 0 spiro atoms. The Morgan fingerprint density at radius 2 is 1.74 bits per heavy atom. The van der Waals surface area contributed by atoms with Gasteiger partial charge >= 0.3 is 6.18 Å². The van der Waals surface area contributed by atoms with Crippen LogP contribution in [0.1, 0.15) is 18.1 Å². The number of hydrogen-bond donors (Lipinski definition) is 1. The lowest BCUT2D eigenvalue weighted by atomic mass is 10.2. The number of halogens is 3. The first kappa shape index (κ1) is 23.6. The maximum absolute atomic E-state index is 13.3. The molecule has 0 saturated heterocycles. The van der Waals surface area contributed by atoms with Crippen molar-refractivity contribution < 1.29 is 18.0 Å². The quantitative estimate of drug-likeness (QED) is 0.302. The summed E-state index contributed by atoms with van der Waals surface area (Å²) in [5.74, 6) is -0.285. The van der Waals surface area contributed by atoms with Crippen LogP contribution in [-0.4, -0.2) is 20.7 Å². The third-order valence-corrected chi connectivity index (χ3v) is 6.19. The summed E-state index contributed by atoms with van der Waals surface area (Å²) in [7, 11) is 0. The van der Waals surface area contributed by atoms with E-state index in [1.165, 1.54) is 12.1 Å². The third kappa shape index (κ3) is 5.14. The molecule has 3 aromatic carbocycles. The summed E-state index contributed by atoms with van der Waals surface area (Å²) >= 11 is 1.01. The Balaban J connectivity index is 1.70. The van der Waals surface area contributed by atoms with E-state index in [0.29, 0.717) is 12.1 Å². The van der Waals surface area contributed by atoms with Crippen molar-refractivity contribution in [2.45, 2.75) is 30.1 Å². The third-order valence-electron chi connectivity index (χ3n) is 5.14. The van der Waals surface area contributed by atoms with Crippen molar-refractivity contribution in [1.29, 1.82) is 0 Å². The van der Waals surface area contributed by atoms with Gasteiger partial charge in [0.1, 0.15) is 0 Å². The van der Waals surface area contributed by atoms with E-state index in [1.807, 2.05) is 30.3 Å². The molecule has 0 aliphatic heterocycles. The van der Waals surface area contributed by atoms with Gasteiger partial charge in [0.05, 0.1) is 27.4 Å². The number of fused-ring (bicyclic) bond motifs is 1. The highest BCUT2D eigenvalue weighted by Crippen LogP contribution is 2.31. The second-order valence-corrected chi connectivity index (χ2v) is 8.87. The summed E-state index contributed by atoms with van der Waals surface area (Å²) < 4.78 is 41.1. The number of amides is 1. The van der Waals surface area contributed by atoms with Crippen LogP contribution in [0.3, 0.4) is 0 Å². The first-order valence-electron chi connectivity index (χ1n) is 10.4. The number of para-hydroxylation sites is 1. The summed E-state index contributed by atoms with van der Waals surface area (Å²) in [5, 5.41) is 2.58. The minimum absolute atomic E-state index is 0.0254. The molecule has 1 atom stereocenters. The van der Waals surface area contributed by atoms with Crippen molar-refractivity contribution in [3.8, 4) is 5.69 Å². The van der Waals surface area contributed by atoms with Gasteiger partial charge in [-0.15, -0.1) is 0 Å². The van der Waals surface area contributed by atoms with Crippen molar-refractivity contribution in [3.05, 3.63) is 100 Å². The molecule has 4 rings (SSSR count). The van der Waals surface area contributed by atoms with E-state index in [2.05, 4.69) is 10.3 Å². The van der Waals surface area contributed by atoms with Crippen LogP contribution >= 0.6 is 11.8 Å². The topological polar surface area (TPSA) is 64.0 Å². The molecule has 0 saturated carbocycles. The fourth-order valence-electron chi connectivity index (χ4n) is 3.38. The first-order valence-corrected chi connectivity index (χ1v) is 11.3. The molecule has 0 aliphatic carbocycles. The molecule has 0 aliphatic rings. The Hall–Kier alpha value is -3.59. The minimum Gasteiger partial charge on any atom is -0.351 e. The molecule has 1 amide bonds. The van der Waals surface area contributed by atoms with Gasteiger partial charge in [0.15, 0.2) is 5.16 Å². The minimum atomic E-state index is -4.57. The van der Waals surface area contributed by atoms with E-state index in [4.69, 9.17) is 0 Å². The van der Waals surface area contributed by atoms with Crippen molar-refractivity contribution in [1.82, 2.24) is 14.9 Å². The Morgan fingerprint density at radius 3 is 2.47 bits per heavy atom. The second kappa shape index (κ2) is 9.72. The number of benzene rings is 3. The highest BCUT2D eigenvalue weighted by Gasteiger charge is 2.31. The highest BCUT2D eigenvalue weighted by atomic mass is 32.2. The first-order chi connectivity index (χ1) is 16.2. The zero-order chi connectivity index (χ0) is 24.3. The summed E-state index contributed by atoms with van der Waals surface area (Å²) in [4.78, 5) is 30.5. The van der Waals surface area contributed by atoms with E-state index in [0.717, 1.165) is 34.0 Å². The molecule has 1 aromatic heterocycles. The Kier molecular flexibility index (Phi) is 6.74. The fourth-order valence-corrected chi connectivity index (χ4v) is 4.33. The second-order valence-electron chi connectivity index (χ2n) is 7.56. The zero-order valence-electron chi connectivity index (χ0n) is 18.0. The van der Waals surface area contributed by atoms with Gasteiger partial charge in [-0.25, -0.2) is 4.98 Å². The maximum Gasteiger partial charge on any atom is 0.416 e. The smallest absolute Gasteiger partial charge is 0.351 e. The summed E-state index contributed by atoms with van der Waals surface area (Å²) in [6.07, 6.45) is -4.57. The average Bonchev–Trinajstić information content (AvgIpc) is 2.83. The van der Waals surface area contributed by atoms with E-state index >= 15 is 0 Å². The molecule has 1 unspecified atom stereocenters.